The Labute approximate surface area is 156 Å². The third-order valence-electron chi connectivity index (χ3n) is 3.37. The molecule has 0 radical (unpaired) electrons. The van der Waals surface area contributed by atoms with E-state index in [0.29, 0.717) is 16.8 Å². The van der Waals surface area contributed by atoms with Gasteiger partial charge >= 0.3 is 6.61 Å². The third kappa shape index (κ3) is 4.87. The Kier molecular flexibility index (Phi) is 5.96. The molecule has 0 saturated carbocycles. The SMILES string of the molecule is O=c1ccc(-c2ccc(OC(F)F)nc2)nn1CC1=CCI=CC(F)=C1. The first-order valence-electron chi connectivity index (χ1n) is 7.48. The summed E-state index contributed by atoms with van der Waals surface area (Å²) in [4.78, 5) is 15.8. The molecule has 0 unspecified atom stereocenters. The normalized spacial score (nSPS) is 14.3. The summed E-state index contributed by atoms with van der Waals surface area (Å²) in [6.07, 6.45) is 4.65. The molecule has 0 fully saturated rings. The van der Waals surface area contributed by atoms with E-state index in [1.54, 1.807) is 4.01 Å². The highest BCUT2D eigenvalue weighted by Crippen LogP contribution is 2.19. The van der Waals surface area contributed by atoms with Crippen LogP contribution in [0, 0.1) is 0 Å². The van der Waals surface area contributed by atoms with Crippen LogP contribution in [0.5, 0.6) is 5.88 Å². The van der Waals surface area contributed by atoms with Crippen LogP contribution in [0.15, 0.2) is 58.8 Å². The van der Waals surface area contributed by atoms with Crippen molar-refractivity contribution in [2.24, 2.45) is 0 Å². The molecule has 0 amide bonds. The Morgan fingerprint density at radius 2 is 2.12 bits per heavy atom. The molecule has 0 aliphatic carbocycles. The standard InChI is InChI=1S/C17H13F3IN3O2/c18-13-7-11(5-6-21-8-13)10-24-16(25)4-2-14(23-24)12-1-3-15(22-9-12)26-17(19)20/h1-5,7-9,17H,6,10H2. The molecular weight excluding hydrogens is 462 g/mol. The van der Waals surface area contributed by atoms with Crippen molar-refractivity contribution in [1.82, 2.24) is 14.8 Å². The summed E-state index contributed by atoms with van der Waals surface area (Å²) in [6, 6.07) is 5.68. The highest BCUT2D eigenvalue weighted by Gasteiger charge is 2.09. The maximum Gasteiger partial charge on any atom is 0.388 e. The predicted molar refractivity (Wildman–Crippen MR) is 101 cm³/mol. The average molecular weight is 475 g/mol. The maximum absolute atomic E-state index is 13.6. The molecular formula is C17H13F3IN3O2. The molecule has 3 rings (SSSR count). The van der Waals surface area contributed by atoms with Crippen molar-refractivity contribution in [3.63, 3.8) is 0 Å². The lowest BCUT2D eigenvalue weighted by Gasteiger charge is -2.08. The Balaban J connectivity index is 1.85. The quantitative estimate of drug-likeness (QED) is 0.491. The third-order valence-corrected chi connectivity index (χ3v) is 5.36. The van der Waals surface area contributed by atoms with Gasteiger partial charge in [0, 0.05) is 32.3 Å². The zero-order valence-corrected chi connectivity index (χ0v) is 15.4. The molecule has 0 aromatic carbocycles. The van der Waals surface area contributed by atoms with Crippen LogP contribution >= 0.6 is 20.7 Å². The lowest BCUT2D eigenvalue weighted by molar-refractivity contribution is -0.0528. The van der Waals surface area contributed by atoms with Crippen LogP contribution in [0.2, 0.25) is 0 Å². The lowest BCUT2D eigenvalue weighted by atomic mass is 10.2. The number of allylic oxidation sites excluding steroid dienone is 4. The Bertz CT molecular complexity index is 937. The van der Waals surface area contributed by atoms with Crippen molar-refractivity contribution < 1.29 is 17.9 Å². The summed E-state index contributed by atoms with van der Waals surface area (Å²) in [5.41, 5.74) is 1.34. The zero-order valence-electron chi connectivity index (χ0n) is 13.3. The second-order valence-corrected chi connectivity index (χ2v) is 7.59. The van der Waals surface area contributed by atoms with Crippen molar-refractivity contribution in [2.75, 3.05) is 4.43 Å². The van der Waals surface area contributed by atoms with Crippen LogP contribution in [0.3, 0.4) is 0 Å². The van der Waals surface area contributed by atoms with Gasteiger partial charge in [0.25, 0.3) is 5.56 Å². The smallest absolute Gasteiger partial charge is 0.388 e. The van der Waals surface area contributed by atoms with Crippen LogP contribution in [0.4, 0.5) is 13.2 Å². The van der Waals surface area contributed by atoms with Gasteiger partial charge in [-0.1, -0.05) is 6.08 Å². The number of ether oxygens (including phenoxy) is 1. The molecule has 0 bridgehead atoms. The van der Waals surface area contributed by atoms with E-state index < -0.39 is 6.61 Å². The van der Waals surface area contributed by atoms with E-state index >= 15 is 0 Å². The molecule has 0 atom stereocenters. The van der Waals surface area contributed by atoms with E-state index in [1.165, 1.54) is 41.2 Å². The summed E-state index contributed by atoms with van der Waals surface area (Å²) in [7, 11) is 0. The molecule has 26 heavy (non-hydrogen) atoms. The fraction of sp³-hybridized carbons (Fsp3) is 0.176. The van der Waals surface area contributed by atoms with Crippen molar-refractivity contribution >= 4 is 24.7 Å². The van der Waals surface area contributed by atoms with E-state index in [2.05, 4.69) is 14.8 Å². The minimum atomic E-state index is -2.95. The van der Waals surface area contributed by atoms with Crippen LogP contribution in [0.25, 0.3) is 11.3 Å². The monoisotopic (exact) mass is 475 g/mol. The largest absolute Gasteiger partial charge is 0.417 e. The average Bonchev–Trinajstić information content (AvgIpc) is 2.81. The van der Waals surface area contributed by atoms with Gasteiger partial charge in [-0.2, -0.15) is 13.9 Å². The molecule has 5 nitrogen and oxygen atoms in total. The number of alkyl halides is 3. The van der Waals surface area contributed by atoms with E-state index in [1.807, 2.05) is 6.08 Å². The van der Waals surface area contributed by atoms with Gasteiger partial charge in [-0.25, -0.2) is 14.1 Å². The van der Waals surface area contributed by atoms with Gasteiger partial charge in [0.2, 0.25) is 5.88 Å². The molecule has 1 aliphatic heterocycles. The first-order valence-corrected chi connectivity index (χ1v) is 10.2. The molecule has 2 aromatic heterocycles. The fourth-order valence-corrected chi connectivity index (χ4v) is 3.90. The number of hydrogen-bond acceptors (Lipinski definition) is 4. The molecule has 0 spiro atoms. The molecule has 1 aliphatic rings. The highest BCUT2D eigenvalue weighted by molar-refractivity contribution is 14.2. The second-order valence-electron chi connectivity index (χ2n) is 5.20. The lowest BCUT2D eigenvalue weighted by Crippen LogP contribution is -2.23. The van der Waals surface area contributed by atoms with E-state index in [9.17, 15) is 18.0 Å². The van der Waals surface area contributed by atoms with Gasteiger partial charge in [0.1, 0.15) is 5.83 Å². The first kappa shape index (κ1) is 18.5. The van der Waals surface area contributed by atoms with Crippen LogP contribution in [-0.2, 0) is 6.54 Å². The number of hydrogen-bond donors (Lipinski definition) is 0. The predicted octanol–water partition coefficient (Wildman–Crippen LogP) is 3.47. The summed E-state index contributed by atoms with van der Waals surface area (Å²) < 4.78 is 45.8. The minimum Gasteiger partial charge on any atom is -0.417 e. The van der Waals surface area contributed by atoms with Crippen molar-refractivity contribution in [3.8, 4) is 17.1 Å². The van der Waals surface area contributed by atoms with Crippen LogP contribution in [-0.4, -0.2) is 29.8 Å². The Morgan fingerprint density at radius 3 is 2.85 bits per heavy atom. The van der Waals surface area contributed by atoms with Crippen LogP contribution < -0.4 is 10.3 Å². The van der Waals surface area contributed by atoms with Gasteiger partial charge < -0.3 is 4.74 Å². The number of aromatic nitrogens is 3. The Hall–Kier alpha value is -2.30. The number of nitrogens with zero attached hydrogens (tertiary/aromatic N) is 3. The van der Waals surface area contributed by atoms with Gasteiger partial charge in [-0.05, 0) is 23.8 Å². The number of halogens is 4. The van der Waals surface area contributed by atoms with Gasteiger partial charge in [0.15, 0.2) is 0 Å². The molecule has 2 aromatic rings. The zero-order chi connectivity index (χ0) is 18.5. The van der Waals surface area contributed by atoms with E-state index in [0.717, 1.165) is 4.43 Å². The summed E-state index contributed by atoms with van der Waals surface area (Å²) in [5.74, 6) is -0.495. The van der Waals surface area contributed by atoms with E-state index in [-0.39, 0.29) is 44.5 Å². The molecule has 0 saturated heterocycles. The first-order chi connectivity index (χ1) is 12.5. The molecule has 3 heterocycles. The Morgan fingerprint density at radius 1 is 1.27 bits per heavy atom. The highest BCUT2D eigenvalue weighted by atomic mass is 127. The minimum absolute atomic E-state index is 0.150. The van der Waals surface area contributed by atoms with Gasteiger partial charge in [-0.3, -0.25) is 4.79 Å². The molecule has 0 N–H and O–H groups in total. The summed E-state index contributed by atoms with van der Waals surface area (Å²) in [6.45, 7) is -2.80. The number of rotatable bonds is 5. The van der Waals surface area contributed by atoms with Gasteiger partial charge in [0.05, 0.1) is 12.2 Å². The fourth-order valence-electron chi connectivity index (χ4n) is 2.22. The molecule has 136 valence electrons. The van der Waals surface area contributed by atoms with Crippen molar-refractivity contribution in [3.05, 3.63) is 64.4 Å². The van der Waals surface area contributed by atoms with E-state index in [4.69, 9.17) is 0 Å². The second kappa shape index (κ2) is 8.39. The topological polar surface area (TPSA) is 57.0 Å². The van der Waals surface area contributed by atoms with Gasteiger partial charge in [-0.15, -0.1) is 20.7 Å². The maximum atomic E-state index is 13.6. The summed E-state index contributed by atoms with van der Waals surface area (Å²) in [5, 5.41) is 4.26. The van der Waals surface area contributed by atoms with Crippen molar-refractivity contribution in [2.45, 2.75) is 13.2 Å². The number of pyridine rings is 1. The van der Waals surface area contributed by atoms with Crippen molar-refractivity contribution in [1.29, 1.82) is 0 Å². The molecule has 9 heteroatoms. The summed E-state index contributed by atoms with van der Waals surface area (Å²) >= 11 is -0.343. The van der Waals surface area contributed by atoms with Crippen LogP contribution in [0.1, 0.15) is 0 Å².